The molecule has 1 saturated carbocycles. The molecule has 0 bridgehead atoms. The summed E-state index contributed by atoms with van der Waals surface area (Å²) in [5, 5.41) is 3.77. The van der Waals surface area contributed by atoms with Gasteiger partial charge < -0.3 is 14.8 Å². The molecule has 0 saturated heterocycles. The molecule has 3 unspecified atom stereocenters. The van der Waals surface area contributed by atoms with E-state index in [1.807, 2.05) is 6.07 Å². The Balaban J connectivity index is 1.95. The van der Waals surface area contributed by atoms with Crippen molar-refractivity contribution in [2.75, 3.05) is 14.2 Å². The summed E-state index contributed by atoms with van der Waals surface area (Å²) >= 11 is 0. The van der Waals surface area contributed by atoms with Gasteiger partial charge in [0.15, 0.2) is 11.5 Å². The van der Waals surface area contributed by atoms with Crippen LogP contribution >= 0.6 is 0 Å². The molecule has 2 rings (SSSR count). The van der Waals surface area contributed by atoms with Crippen LogP contribution in [-0.2, 0) is 6.42 Å². The molecule has 1 aromatic rings. The van der Waals surface area contributed by atoms with Gasteiger partial charge in [-0.1, -0.05) is 19.4 Å². The minimum Gasteiger partial charge on any atom is -0.493 e. The molecule has 20 heavy (non-hydrogen) atoms. The summed E-state index contributed by atoms with van der Waals surface area (Å²) in [6.07, 6.45) is 5.06. The minimum absolute atomic E-state index is 0.485. The summed E-state index contributed by atoms with van der Waals surface area (Å²) in [7, 11) is 3.35. The highest BCUT2D eigenvalue weighted by molar-refractivity contribution is 5.43. The van der Waals surface area contributed by atoms with E-state index < -0.39 is 0 Å². The Morgan fingerprint density at radius 2 is 1.95 bits per heavy atom. The molecule has 0 spiro atoms. The molecule has 0 aliphatic heterocycles. The van der Waals surface area contributed by atoms with Gasteiger partial charge in [-0.3, -0.25) is 0 Å². The molecule has 0 radical (unpaired) electrons. The Morgan fingerprint density at radius 1 is 1.20 bits per heavy atom. The Kier molecular flexibility index (Phi) is 5.30. The van der Waals surface area contributed by atoms with E-state index in [-0.39, 0.29) is 0 Å². The number of rotatable bonds is 6. The molecular formula is C17H27NO2. The number of hydrogen-bond acceptors (Lipinski definition) is 3. The zero-order valence-corrected chi connectivity index (χ0v) is 13.1. The maximum Gasteiger partial charge on any atom is 0.160 e. The molecule has 3 nitrogen and oxygen atoms in total. The average molecular weight is 277 g/mol. The fourth-order valence-corrected chi connectivity index (χ4v) is 3.18. The molecule has 0 amide bonds. The zero-order valence-electron chi connectivity index (χ0n) is 13.1. The van der Waals surface area contributed by atoms with Crippen LogP contribution in [0.2, 0.25) is 0 Å². The van der Waals surface area contributed by atoms with Gasteiger partial charge in [0.25, 0.3) is 0 Å². The lowest BCUT2D eigenvalue weighted by molar-refractivity contribution is 0.353. The third-order valence-corrected chi connectivity index (χ3v) is 4.35. The van der Waals surface area contributed by atoms with Crippen LogP contribution in [-0.4, -0.2) is 26.3 Å². The quantitative estimate of drug-likeness (QED) is 0.864. The van der Waals surface area contributed by atoms with Crippen LogP contribution in [0.3, 0.4) is 0 Å². The van der Waals surface area contributed by atoms with E-state index in [1.54, 1.807) is 14.2 Å². The van der Waals surface area contributed by atoms with Gasteiger partial charge in [-0.25, -0.2) is 0 Å². The normalized spacial score (nSPS) is 23.6. The van der Waals surface area contributed by atoms with Gasteiger partial charge in [0.2, 0.25) is 0 Å². The van der Waals surface area contributed by atoms with Gasteiger partial charge in [-0.15, -0.1) is 0 Å². The van der Waals surface area contributed by atoms with Crippen LogP contribution in [0.15, 0.2) is 18.2 Å². The molecule has 0 aromatic heterocycles. The SMILES string of the molecule is COc1ccc(CC(C)NC2CCCC2C)cc1OC. The van der Waals surface area contributed by atoms with Crippen molar-refractivity contribution in [3.63, 3.8) is 0 Å². The van der Waals surface area contributed by atoms with Crippen LogP contribution in [0.4, 0.5) is 0 Å². The van der Waals surface area contributed by atoms with E-state index in [1.165, 1.54) is 24.8 Å². The molecule has 3 heteroatoms. The van der Waals surface area contributed by atoms with Crippen molar-refractivity contribution < 1.29 is 9.47 Å². The fraction of sp³-hybridized carbons (Fsp3) is 0.647. The Hall–Kier alpha value is -1.22. The Bertz CT molecular complexity index is 433. The lowest BCUT2D eigenvalue weighted by Crippen LogP contribution is -2.39. The van der Waals surface area contributed by atoms with Crippen LogP contribution in [0.25, 0.3) is 0 Å². The summed E-state index contributed by atoms with van der Waals surface area (Å²) in [5.74, 6) is 2.41. The lowest BCUT2D eigenvalue weighted by Gasteiger charge is -2.23. The third-order valence-electron chi connectivity index (χ3n) is 4.35. The highest BCUT2D eigenvalue weighted by Crippen LogP contribution is 2.29. The van der Waals surface area contributed by atoms with Crippen molar-refractivity contribution in [3.05, 3.63) is 23.8 Å². The smallest absolute Gasteiger partial charge is 0.160 e. The summed E-state index contributed by atoms with van der Waals surface area (Å²) in [4.78, 5) is 0. The van der Waals surface area contributed by atoms with Gasteiger partial charge in [-0.05, 0) is 49.8 Å². The first-order valence-electron chi connectivity index (χ1n) is 7.61. The van der Waals surface area contributed by atoms with Crippen LogP contribution in [0, 0.1) is 5.92 Å². The number of ether oxygens (including phenoxy) is 2. The van der Waals surface area contributed by atoms with E-state index in [0.29, 0.717) is 12.1 Å². The van der Waals surface area contributed by atoms with Crippen molar-refractivity contribution in [3.8, 4) is 11.5 Å². The summed E-state index contributed by atoms with van der Waals surface area (Å²) < 4.78 is 10.6. The second-order valence-corrected chi connectivity index (χ2v) is 5.98. The van der Waals surface area contributed by atoms with Gasteiger partial charge in [0.1, 0.15) is 0 Å². The Labute approximate surface area is 122 Å². The van der Waals surface area contributed by atoms with Crippen LogP contribution < -0.4 is 14.8 Å². The molecule has 1 fully saturated rings. The summed E-state index contributed by atoms with van der Waals surface area (Å²) in [6.45, 7) is 4.62. The van der Waals surface area contributed by atoms with Gasteiger partial charge >= 0.3 is 0 Å². The highest BCUT2D eigenvalue weighted by atomic mass is 16.5. The molecule has 112 valence electrons. The second-order valence-electron chi connectivity index (χ2n) is 5.98. The monoisotopic (exact) mass is 277 g/mol. The minimum atomic E-state index is 0.485. The van der Waals surface area contributed by atoms with E-state index in [2.05, 4.69) is 31.3 Å². The fourth-order valence-electron chi connectivity index (χ4n) is 3.18. The third kappa shape index (κ3) is 3.66. The van der Waals surface area contributed by atoms with Gasteiger partial charge in [-0.2, -0.15) is 0 Å². The van der Waals surface area contributed by atoms with Crippen molar-refractivity contribution in [1.82, 2.24) is 5.32 Å². The molecule has 1 aliphatic carbocycles. The van der Waals surface area contributed by atoms with Crippen molar-refractivity contribution in [2.24, 2.45) is 5.92 Å². The number of nitrogens with one attached hydrogen (secondary N) is 1. The van der Waals surface area contributed by atoms with Crippen LogP contribution in [0.1, 0.15) is 38.7 Å². The topological polar surface area (TPSA) is 30.5 Å². The number of methoxy groups -OCH3 is 2. The number of benzene rings is 1. The van der Waals surface area contributed by atoms with Crippen molar-refractivity contribution in [1.29, 1.82) is 0 Å². The zero-order chi connectivity index (χ0) is 14.5. The first-order valence-corrected chi connectivity index (χ1v) is 7.61. The predicted molar refractivity (Wildman–Crippen MR) is 82.7 cm³/mol. The van der Waals surface area contributed by atoms with Gasteiger partial charge in [0, 0.05) is 12.1 Å². The predicted octanol–water partition coefficient (Wildman–Crippen LogP) is 3.41. The Morgan fingerprint density at radius 3 is 2.55 bits per heavy atom. The first-order chi connectivity index (χ1) is 9.63. The lowest BCUT2D eigenvalue weighted by atomic mass is 10.0. The maximum atomic E-state index is 5.36. The van der Waals surface area contributed by atoms with Gasteiger partial charge in [0.05, 0.1) is 14.2 Å². The van der Waals surface area contributed by atoms with Crippen molar-refractivity contribution >= 4 is 0 Å². The first kappa shape index (κ1) is 15.2. The molecule has 1 N–H and O–H groups in total. The van der Waals surface area contributed by atoms with E-state index in [4.69, 9.17) is 9.47 Å². The maximum absolute atomic E-state index is 5.36. The second kappa shape index (κ2) is 6.98. The molecule has 1 aromatic carbocycles. The molecule has 3 atom stereocenters. The number of hydrogen-bond donors (Lipinski definition) is 1. The van der Waals surface area contributed by atoms with E-state index >= 15 is 0 Å². The standard InChI is InChI=1S/C17H27NO2/c1-12-6-5-7-15(12)18-13(2)10-14-8-9-16(19-3)17(11-14)20-4/h8-9,11-13,15,18H,5-7,10H2,1-4H3. The van der Waals surface area contributed by atoms with Crippen molar-refractivity contribution in [2.45, 2.75) is 51.6 Å². The molecular weight excluding hydrogens is 250 g/mol. The summed E-state index contributed by atoms with van der Waals surface area (Å²) in [5.41, 5.74) is 1.29. The molecule has 1 aliphatic rings. The average Bonchev–Trinajstić information content (AvgIpc) is 2.84. The largest absolute Gasteiger partial charge is 0.493 e. The summed E-state index contributed by atoms with van der Waals surface area (Å²) in [6, 6.07) is 7.36. The van der Waals surface area contributed by atoms with E-state index in [9.17, 15) is 0 Å². The van der Waals surface area contributed by atoms with Crippen LogP contribution in [0.5, 0.6) is 11.5 Å². The van der Waals surface area contributed by atoms with E-state index in [0.717, 1.165) is 23.8 Å². The highest BCUT2D eigenvalue weighted by Gasteiger charge is 2.24. The molecule has 0 heterocycles.